The predicted octanol–water partition coefficient (Wildman–Crippen LogP) is 2.01. The first-order chi connectivity index (χ1) is 7.80. The Morgan fingerprint density at radius 1 is 1.41 bits per heavy atom. The van der Waals surface area contributed by atoms with Gasteiger partial charge in [0, 0.05) is 0 Å². The highest BCUT2D eigenvalue weighted by Gasteiger charge is 2.30. The van der Waals surface area contributed by atoms with Gasteiger partial charge in [0.25, 0.3) is 0 Å². The van der Waals surface area contributed by atoms with Crippen LogP contribution in [0.4, 0.5) is 18.0 Å². The first-order valence-corrected chi connectivity index (χ1v) is 4.62. The summed E-state index contributed by atoms with van der Waals surface area (Å²) in [6.45, 7) is -0.364. The molecule has 1 aromatic carbocycles. The van der Waals surface area contributed by atoms with Gasteiger partial charge in [0.1, 0.15) is 0 Å². The van der Waals surface area contributed by atoms with Gasteiger partial charge in [-0.3, -0.25) is 0 Å². The maximum Gasteiger partial charge on any atom is 0.416 e. The van der Waals surface area contributed by atoms with E-state index in [9.17, 15) is 23.1 Å². The van der Waals surface area contributed by atoms with E-state index >= 15 is 0 Å². The van der Waals surface area contributed by atoms with Crippen molar-refractivity contribution in [3.8, 4) is 0 Å². The number of hydrogen-bond donors (Lipinski definition) is 3. The van der Waals surface area contributed by atoms with Gasteiger partial charge >= 0.3 is 12.3 Å². The summed E-state index contributed by atoms with van der Waals surface area (Å²) in [7, 11) is 0. The Morgan fingerprint density at radius 2 is 2.06 bits per heavy atom. The molecule has 0 aliphatic carbocycles. The van der Waals surface area contributed by atoms with E-state index in [0.29, 0.717) is 0 Å². The number of aliphatic hydroxyl groups is 1. The number of amides is 1. The Hall–Kier alpha value is -1.76. The average Bonchev–Trinajstić information content (AvgIpc) is 2.25. The summed E-state index contributed by atoms with van der Waals surface area (Å²) in [6.07, 6.45) is -7.15. The normalized spacial score (nSPS) is 13.2. The number of carbonyl (C=O) groups is 1. The number of halogens is 3. The first-order valence-electron chi connectivity index (χ1n) is 4.62. The molecule has 0 spiro atoms. The highest BCUT2D eigenvalue weighted by molar-refractivity contribution is 5.64. The van der Waals surface area contributed by atoms with E-state index in [1.54, 1.807) is 0 Å². The summed E-state index contributed by atoms with van der Waals surface area (Å²) in [5.74, 6) is 0. The molecule has 0 radical (unpaired) electrons. The van der Waals surface area contributed by atoms with Crippen molar-refractivity contribution in [1.82, 2.24) is 5.32 Å². The molecule has 0 bridgehead atoms. The van der Waals surface area contributed by atoms with E-state index < -0.39 is 23.9 Å². The molecular formula is C10H10F3NO3. The highest BCUT2D eigenvalue weighted by Crippen LogP contribution is 2.30. The number of hydrogen-bond acceptors (Lipinski definition) is 2. The minimum absolute atomic E-state index is 0.00794. The Kier molecular flexibility index (Phi) is 3.95. The lowest BCUT2D eigenvalue weighted by Crippen LogP contribution is -2.26. The van der Waals surface area contributed by atoms with Gasteiger partial charge in [-0.05, 0) is 17.7 Å². The third kappa shape index (κ3) is 3.95. The Morgan fingerprint density at radius 3 is 2.59 bits per heavy atom. The number of alkyl halides is 3. The predicted molar refractivity (Wildman–Crippen MR) is 52.4 cm³/mol. The Balaban J connectivity index is 2.81. The summed E-state index contributed by atoms with van der Waals surface area (Å²) in [6, 6.07) is 4.11. The maximum atomic E-state index is 12.4. The van der Waals surface area contributed by atoms with Crippen LogP contribution in [0.2, 0.25) is 0 Å². The van der Waals surface area contributed by atoms with Crippen molar-refractivity contribution in [2.24, 2.45) is 0 Å². The molecule has 0 aliphatic heterocycles. The second kappa shape index (κ2) is 5.05. The van der Waals surface area contributed by atoms with E-state index in [1.165, 1.54) is 6.07 Å². The summed E-state index contributed by atoms with van der Waals surface area (Å²) in [5, 5.41) is 19.6. The molecule has 7 heteroatoms. The van der Waals surface area contributed by atoms with E-state index in [4.69, 9.17) is 5.11 Å². The maximum absolute atomic E-state index is 12.4. The lowest BCUT2D eigenvalue weighted by atomic mass is 10.1. The molecule has 17 heavy (non-hydrogen) atoms. The van der Waals surface area contributed by atoms with Crippen molar-refractivity contribution >= 4 is 6.09 Å². The lowest BCUT2D eigenvalue weighted by Gasteiger charge is -2.13. The number of carboxylic acid groups (broad SMARTS) is 1. The molecule has 1 amide bonds. The summed E-state index contributed by atoms with van der Waals surface area (Å²) in [4.78, 5) is 10.2. The number of rotatable bonds is 3. The average molecular weight is 249 g/mol. The fourth-order valence-electron chi connectivity index (χ4n) is 1.22. The molecule has 0 heterocycles. The number of nitrogens with one attached hydrogen (secondary N) is 1. The number of benzene rings is 1. The van der Waals surface area contributed by atoms with Gasteiger partial charge in [-0.25, -0.2) is 4.79 Å². The first kappa shape index (κ1) is 13.3. The van der Waals surface area contributed by atoms with Gasteiger partial charge in [0.15, 0.2) is 0 Å². The highest BCUT2D eigenvalue weighted by atomic mass is 19.4. The zero-order valence-corrected chi connectivity index (χ0v) is 8.53. The van der Waals surface area contributed by atoms with Crippen LogP contribution in [-0.4, -0.2) is 22.9 Å². The molecule has 0 aromatic heterocycles. The molecule has 0 saturated carbocycles. The van der Waals surface area contributed by atoms with Crippen LogP contribution in [0.3, 0.4) is 0 Å². The van der Waals surface area contributed by atoms with Crippen LogP contribution in [0.25, 0.3) is 0 Å². The molecule has 0 saturated heterocycles. The molecule has 0 fully saturated rings. The quantitative estimate of drug-likeness (QED) is 0.767. The standard InChI is InChI=1S/C10H10F3NO3/c11-10(12,13)7-3-1-2-6(4-7)8(15)5-14-9(16)17/h1-4,8,14-15H,5H2,(H,16,17)/t8-/m0/s1. The van der Waals surface area contributed by atoms with E-state index in [0.717, 1.165) is 18.2 Å². The van der Waals surface area contributed by atoms with Crippen molar-refractivity contribution in [2.45, 2.75) is 12.3 Å². The monoisotopic (exact) mass is 249 g/mol. The summed E-state index contributed by atoms with van der Waals surface area (Å²) >= 11 is 0. The zero-order chi connectivity index (χ0) is 13.1. The van der Waals surface area contributed by atoms with Crippen molar-refractivity contribution in [3.05, 3.63) is 35.4 Å². The van der Waals surface area contributed by atoms with E-state index in [-0.39, 0.29) is 12.1 Å². The molecule has 1 aromatic rings. The van der Waals surface area contributed by atoms with Crippen molar-refractivity contribution < 1.29 is 28.2 Å². The fraction of sp³-hybridized carbons (Fsp3) is 0.300. The topological polar surface area (TPSA) is 69.6 Å². The molecule has 1 atom stereocenters. The Labute approximate surface area is 94.7 Å². The Bertz CT molecular complexity index is 406. The lowest BCUT2D eigenvalue weighted by molar-refractivity contribution is -0.137. The van der Waals surface area contributed by atoms with Crippen LogP contribution >= 0.6 is 0 Å². The molecular weight excluding hydrogens is 239 g/mol. The van der Waals surface area contributed by atoms with Gasteiger partial charge in [-0.2, -0.15) is 13.2 Å². The largest absolute Gasteiger partial charge is 0.465 e. The molecule has 94 valence electrons. The van der Waals surface area contributed by atoms with Crippen molar-refractivity contribution in [3.63, 3.8) is 0 Å². The van der Waals surface area contributed by atoms with Crippen LogP contribution in [0.5, 0.6) is 0 Å². The summed E-state index contributed by atoms with van der Waals surface area (Å²) < 4.78 is 37.1. The van der Waals surface area contributed by atoms with Gasteiger partial charge < -0.3 is 15.5 Å². The molecule has 0 aliphatic rings. The van der Waals surface area contributed by atoms with Crippen molar-refractivity contribution in [2.75, 3.05) is 6.54 Å². The minimum atomic E-state index is -4.49. The van der Waals surface area contributed by atoms with Gasteiger partial charge in [-0.15, -0.1) is 0 Å². The second-order valence-electron chi connectivity index (χ2n) is 3.33. The fourth-order valence-corrected chi connectivity index (χ4v) is 1.22. The van der Waals surface area contributed by atoms with Crippen LogP contribution in [0.15, 0.2) is 24.3 Å². The van der Waals surface area contributed by atoms with Crippen molar-refractivity contribution in [1.29, 1.82) is 0 Å². The molecule has 1 rings (SSSR count). The zero-order valence-electron chi connectivity index (χ0n) is 8.53. The van der Waals surface area contributed by atoms with Crippen LogP contribution < -0.4 is 5.32 Å². The summed E-state index contributed by atoms with van der Waals surface area (Å²) in [5.41, 5.74) is -0.877. The minimum Gasteiger partial charge on any atom is -0.465 e. The molecule has 3 N–H and O–H groups in total. The molecule has 0 unspecified atom stereocenters. The van der Waals surface area contributed by atoms with Gasteiger partial charge in [-0.1, -0.05) is 12.1 Å². The second-order valence-corrected chi connectivity index (χ2v) is 3.33. The third-order valence-electron chi connectivity index (χ3n) is 2.05. The van der Waals surface area contributed by atoms with E-state index in [2.05, 4.69) is 0 Å². The van der Waals surface area contributed by atoms with Gasteiger partial charge in [0.05, 0.1) is 18.2 Å². The van der Waals surface area contributed by atoms with Gasteiger partial charge in [0.2, 0.25) is 0 Å². The third-order valence-corrected chi connectivity index (χ3v) is 2.05. The van der Waals surface area contributed by atoms with Crippen LogP contribution in [0.1, 0.15) is 17.2 Å². The number of aliphatic hydroxyl groups excluding tert-OH is 1. The SMILES string of the molecule is O=C(O)NC[C@H](O)c1cccc(C(F)(F)F)c1. The molecule has 4 nitrogen and oxygen atoms in total. The van der Waals surface area contributed by atoms with Crippen LogP contribution in [0, 0.1) is 0 Å². The van der Waals surface area contributed by atoms with Crippen LogP contribution in [-0.2, 0) is 6.18 Å². The smallest absolute Gasteiger partial charge is 0.416 e. The van der Waals surface area contributed by atoms with E-state index in [1.807, 2.05) is 5.32 Å².